The van der Waals surface area contributed by atoms with Crippen LogP contribution in [0.25, 0.3) is 22.5 Å². The van der Waals surface area contributed by atoms with E-state index in [1.165, 1.54) is 18.4 Å². The third kappa shape index (κ3) is 7.68. The molecule has 0 aliphatic heterocycles. The second-order valence-corrected chi connectivity index (χ2v) is 8.61. The SMILES string of the molecule is CCCCCCOC(=O)C(C)Oc1ccc(-c2cnc(-c3ccc(CCCC)cc3)nc2)cc1. The van der Waals surface area contributed by atoms with Gasteiger partial charge in [0.05, 0.1) is 6.61 Å². The molecule has 180 valence electrons. The van der Waals surface area contributed by atoms with E-state index in [9.17, 15) is 4.79 Å². The van der Waals surface area contributed by atoms with Gasteiger partial charge in [0.1, 0.15) is 5.75 Å². The standard InChI is InChI=1S/C29H36N2O3/c1-4-6-8-9-19-33-29(32)22(3)34-27-17-15-24(16-18-27)26-20-30-28(31-21-26)25-13-11-23(12-14-25)10-7-5-2/h11-18,20-22H,4-10,19H2,1-3H3. The number of ether oxygens (including phenoxy) is 2. The predicted octanol–water partition coefficient (Wildman–Crippen LogP) is 7.04. The maximum atomic E-state index is 12.1. The predicted molar refractivity (Wildman–Crippen MR) is 137 cm³/mol. The van der Waals surface area contributed by atoms with Gasteiger partial charge in [0.15, 0.2) is 11.9 Å². The van der Waals surface area contributed by atoms with Crippen LogP contribution in [0.15, 0.2) is 60.9 Å². The smallest absolute Gasteiger partial charge is 0.347 e. The van der Waals surface area contributed by atoms with E-state index >= 15 is 0 Å². The molecule has 5 nitrogen and oxygen atoms in total. The first-order chi connectivity index (χ1) is 16.6. The van der Waals surface area contributed by atoms with Crippen molar-refractivity contribution in [2.75, 3.05) is 6.61 Å². The molecule has 34 heavy (non-hydrogen) atoms. The number of carbonyl (C=O) groups excluding carboxylic acids is 1. The van der Waals surface area contributed by atoms with Crippen molar-refractivity contribution in [3.63, 3.8) is 0 Å². The second-order valence-electron chi connectivity index (χ2n) is 8.61. The highest BCUT2D eigenvalue weighted by Crippen LogP contribution is 2.24. The number of carbonyl (C=O) groups is 1. The van der Waals surface area contributed by atoms with Crippen molar-refractivity contribution in [3.05, 3.63) is 66.5 Å². The average Bonchev–Trinajstić information content (AvgIpc) is 2.88. The first-order valence-electron chi connectivity index (χ1n) is 12.5. The van der Waals surface area contributed by atoms with Crippen molar-refractivity contribution in [1.29, 1.82) is 0 Å². The first kappa shape index (κ1) is 25.4. The van der Waals surface area contributed by atoms with Crippen LogP contribution in [-0.2, 0) is 16.0 Å². The normalized spacial score (nSPS) is 11.7. The van der Waals surface area contributed by atoms with Crippen molar-refractivity contribution in [2.45, 2.75) is 71.8 Å². The molecule has 0 bridgehead atoms. The number of nitrogens with zero attached hydrogens (tertiary/aromatic N) is 2. The third-order valence-corrected chi connectivity index (χ3v) is 5.76. The van der Waals surface area contributed by atoms with Crippen LogP contribution in [0.4, 0.5) is 0 Å². The number of aromatic nitrogens is 2. The molecule has 2 aromatic carbocycles. The van der Waals surface area contributed by atoms with Gasteiger partial charge in [-0.1, -0.05) is 75.9 Å². The summed E-state index contributed by atoms with van der Waals surface area (Å²) in [5.74, 6) is 1.01. The van der Waals surface area contributed by atoms with E-state index in [1.807, 2.05) is 36.7 Å². The molecule has 1 unspecified atom stereocenters. The molecule has 1 atom stereocenters. The Kier molecular flexibility index (Phi) is 10.1. The molecule has 0 amide bonds. The van der Waals surface area contributed by atoms with Gasteiger partial charge in [-0.15, -0.1) is 0 Å². The number of benzene rings is 2. The van der Waals surface area contributed by atoms with Crippen molar-refractivity contribution >= 4 is 5.97 Å². The summed E-state index contributed by atoms with van der Waals surface area (Å²) in [5, 5.41) is 0. The lowest BCUT2D eigenvalue weighted by atomic mass is 10.1. The summed E-state index contributed by atoms with van der Waals surface area (Å²) in [5.41, 5.74) is 4.27. The zero-order chi connectivity index (χ0) is 24.2. The maximum Gasteiger partial charge on any atom is 0.347 e. The molecule has 0 saturated heterocycles. The highest BCUT2D eigenvalue weighted by Gasteiger charge is 2.16. The van der Waals surface area contributed by atoms with E-state index in [0.717, 1.165) is 48.8 Å². The van der Waals surface area contributed by atoms with Crippen molar-refractivity contribution in [1.82, 2.24) is 9.97 Å². The lowest BCUT2D eigenvalue weighted by molar-refractivity contribution is -0.151. The van der Waals surface area contributed by atoms with E-state index in [1.54, 1.807) is 6.92 Å². The van der Waals surface area contributed by atoms with Crippen LogP contribution in [0.3, 0.4) is 0 Å². The molecule has 0 spiro atoms. The topological polar surface area (TPSA) is 61.3 Å². The zero-order valence-corrected chi connectivity index (χ0v) is 20.6. The number of rotatable bonds is 13. The van der Waals surface area contributed by atoms with Gasteiger partial charge in [0, 0.05) is 23.5 Å². The largest absolute Gasteiger partial charge is 0.479 e. The Balaban J connectivity index is 1.53. The molecule has 3 aromatic rings. The van der Waals surface area contributed by atoms with Crippen molar-refractivity contribution in [3.8, 4) is 28.3 Å². The first-order valence-corrected chi connectivity index (χ1v) is 12.5. The Morgan fingerprint density at radius 2 is 1.44 bits per heavy atom. The molecule has 3 rings (SSSR count). The lowest BCUT2D eigenvalue weighted by Crippen LogP contribution is -2.26. The highest BCUT2D eigenvalue weighted by atomic mass is 16.6. The molecule has 0 aliphatic rings. The van der Waals surface area contributed by atoms with Gasteiger partial charge in [-0.2, -0.15) is 0 Å². The summed E-state index contributed by atoms with van der Waals surface area (Å²) >= 11 is 0. The maximum absolute atomic E-state index is 12.1. The number of esters is 1. The third-order valence-electron chi connectivity index (χ3n) is 5.76. The quantitative estimate of drug-likeness (QED) is 0.202. The van der Waals surface area contributed by atoms with Gasteiger partial charge >= 0.3 is 5.97 Å². The highest BCUT2D eigenvalue weighted by molar-refractivity contribution is 5.74. The Labute approximate surface area is 203 Å². The molecule has 0 N–H and O–H groups in total. The second kappa shape index (κ2) is 13.5. The number of hydrogen-bond acceptors (Lipinski definition) is 5. The van der Waals surface area contributed by atoms with Gasteiger partial charge in [-0.05, 0) is 49.4 Å². The molecular weight excluding hydrogens is 424 g/mol. The van der Waals surface area contributed by atoms with Gasteiger partial charge in [-0.25, -0.2) is 14.8 Å². The van der Waals surface area contributed by atoms with Crippen LogP contribution in [0, 0.1) is 0 Å². The van der Waals surface area contributed by atoms with Crippen LogP contribution in [0.5, 0.6) is 5.75 Å². The summed E-state index contributed by atoms with van der Waals surface area (Å²) in [6.45, 7) is 6.52. The summed E-state index contributed by atoms with van der Waals surface area (Å²) < 4.78 is 11.1. The van der Waals surface area contributed by atoms with Crippen LogP contribution in [-0.4, -0.2) is 28.6 Å². The molecule has 0 aliphatic carbocycles. The minimum atomic E-state index is -0.645. The van der Waals surface area contributed by atoms with Crippen LogP contribution in [0.1, 0.15) is 64.9 Å². The Hall–Kier alpha value is -3.21. The van der Waals surface area contributed by atoms with Crippen LogP contribution >= 0.6 is 0 Å². The molecular formula is C29H36N2O3. The average molecular weight is 461 g/mol. The fourth-order valence-electron chi connectivity index (χ4n) is 3.62. The van der Waals surface area contributed by atoms with Crippen LogP contribution < -0.4 is 4.74 Å². The number of unbranched alkanes of at least 4 members (excludes halogenated alkanes) is 4. The fourth-order valence-corrected chi connectivity index (χ4v) is 3.62. The molecule has 1 heterocycles. The van der Waals surface area contributed by atoms with Crippen LogP contribution in [0.2, 0.25) is 0 Å². The van der Waals surface area contributed by atoms with E-state index < -0.39 is 6.10 Å². The van der Waals surface area contributed by atoms with E-state index in [4.69, 9.17) is 9.47 Å². The monoisotopic (exact) mass is 460 g/mol. The van der Waals surface area contributed by atoms with Gasteiger partial charge in [0.25, 0.3) is 0 Å². The number of aryl methyl sites for hydroxylation is 1. The zero-order valence-electron chi connectivity index (χ0n) is 20.6. The van der Waals surface area contributed by atoms with Crippen molar-refractivity contribution < 1.29 is 14.3 Å². The molecule has 1 aromatic heterocycles. The van der Waals surface area contributed by atoms with E-state index in [-0.39, 0.29) is 5.97 Å². The lowest BCUT2D eigenvalue weighted by Gasteiger charge is -2.14. The van der Waals surface area contributed by atoms with Gasteiger partial charge in [0.2, 0.25) is 0 Å². The molecule has 0 saturated carbocycles. The Morgan fingerprint density at radius 3 is 2.09 bits per heavy atom. The Morgan fingerprint density at radius 1 is 0.794 bits per heavy atom. The van der Waals surface area contributed by atoms with E-state index in [2.05, 4.69) is 48.1 Å². The Bertz CT molecular complexity index is 999. The molecule has 0 radical (unpaired) electrons. The number of hydrogen-bond donors (Lipinski definition) is 0. The minimum Gasteiger partial charge on any atom is -0.479 e. The van der Waals surface area contributed by atoms with Crippen molar-refractivity contribution in [2.24, 2.45) is 0 Å². The summed E-state index contributed by atoms with van der Waals surface area (Å²) in [4.78, 5) is 21.2. The summed E-state index contributed by atoms with van der Waals surface area (Å²) in [6, 6.07) is 16.1. The summed E-state index contributed by atoms with van der Waals surface area (Å²) in [7, 11) is 0. The molecule has 0 fully saturated rings. The summed E-state index contributed by atoms with van der Waals surface area (Å²) in [6.07, 6.45) is 10.8. The molecule has 5 heteroatoms. The van der Waals surface area contributed by atoms with Gasteiger partial charge < -0.3 is 9.47 Å². The minimum absolute atomic E-state index is 0.331. The van der Waals surface area contributed by atoms with E-state index in [0.29, 0.717) is 18.2 Å². The fraction of sp³-hybridized carbons (Fsp3) is 0.414. The van der Waals surface area contributed by atoms with Gasteiger partial charge in [-0.3, -0.25) is 0 Å².